The minimum absolute atomic E-state index is 0.166. The molecule has 0 aliphatic heterocycles. The average Bonchev–Trinajstić information content (AvgIpc) is 3.13. The second-order valence-corrected chi connectivity index (χ2v) is 6.85. The second kappa shape index (κ2) is 9.03. The third-order valence-electron chi connectivity index (χ3n) is 4.75. The van der Waals surface area contributed by atoms with Gasteiger partial charge in [-0.05, 0) is 43.2 Å². The number of carbonyl (C=O) groups is 2. The Kier molecular flexibility index (Phi) is 6.43. The van der Waals surface area contributed by atoms with Gasteiger partial charge in [-0.25, -0.2) is 4.68 Å². The lowest BCUT2D eigenvalue weighted by Crippen LogP contribution is -2.33. The molecule has 0 spiro atoms. The molecule has 0 fully saturated rings. The first kappa shape index (κ1) is 22.1. The molecule has 1 heterocycles. The van der Waals surface area contributed by atoms with E-state index >= 15 is 0 Å². The van der Waals surface area contributed by atoms with E-state index in [0.29, 0.717) is 11.4 Å². The summed E-state index contributed by atoms with van der Waals surface area (Å²) in [6.07, 6.45) is -2.48. The summed E-state index contributed by atoms with van der Waals surface area (Å²) in [6.45, 7) is 3.28. The van der Waals surface area contributed by atoms with Crippen molar-refractivity contribution in [2.24, 2.45) is 0 Å². The van der Waals surface area contributed by atoms with E-state index in [9.17, 15) is 22.8 Å². The van der Waals surface area contributed by atoms with Gasteiger partial charge in [0.05, 0.1) is 35.2 Å². The third-order valence-corrected chi connectivity index (χ3v) is 4.75. The van der Waals surface area contributed by atoms with Crippen LogP contribution in [0.4, 0.5) is 18.9 Å². The van der Waals surface area contributed by atoms with Crippen LogP contribution in [-0.4, -0.2) is 28.1 Å². The van der Waals surface area contributed by atoms with Crippen molar-refractivity contribution in [2.45, 2.75) is 26.4 Å². The van der Waals surface area contributed by atoms with E-state index in [0.717, 1.165) is 24.1 Å². The molecule has 0 aliphatic rings. The fourth-order valence-electron chi connectivity index (χ4n) is 3.11. The van der Waals surface area contributed by atoms with Crippen molar-refractivity contribution in [3.8, 4) is 5.69 Å². The van der Waals surface area contributed by atoms with Crippen LogP contribution < -0.4 is 10.6 Å². The highest BCUT2D eigenvalue weighted by atomic mass is 19.4. The van der Waals surface area contributed by atoms with Gasteiger partial charge >= 0.3 is 6.18 Å². The predicted octanol–water partition coefficient (Wildman–Crippen LogP) is 4.13. The normalized spacial score (nSPS) is 11.3. The number of carbonyl (C=O) groups excluding carboxylic acids is 2. The molecule has 31 heavy (non-hydrogen) atoms. The number of nitrogens with zero attached hydrogens (tertiary/aromatic N) is 2. The molecule has 1 aromatic heterocycles. The second-order valence-electron chi connectivity index (χ2n) is 6.85. The molecular weight excluding hydrogens is 409 g/mol. The van der Waals surface area contributed by atoms with Crippen LogP contribution in [0.15, 0.2) is 54.7 Å². The monoisotopic (exact) mass is 430 g/mol. The van der Waals surface area contributed by atoms with Crippen LogP contribution in [0.5, 0.6) is 0 Å². The fourth-order valence-corrected chi connectivity index (χ4v) is 3.11. The zero-order valence-electron chi connectivity index (χ0n) is 17.0. The first-order chi connectivity index (χ1) is 14.7. The zero-order chi connectivity index (χ0) is 22.6. The summed E-state index contributed by atoms with van der Waals surface area (Å²) >= 11 is 0. The Labute approximate surface area is 177 Å². The number of amides is 2. The summed E-state index contributed by atoms with van der Waals surface area (Å²) in [7, 11) is 0. The maximum Gasteiger partial charge on any atom is 0.416 e. The van der Waals surface area contributed by atoms with Crippen LogP contribution in [0.2, 0.25) is 0 Å². The van der Waals surface area contributed by atoms with Crippen LogP contribution in [0.3, 0.4) is 0 Å². The molecule has 0 radical (unpaired) electrons. The van der Waals surface area contributed by atoms with Crippen LogP contribution in [0.1, 0.15) is 34.1 Å². The lowest BCUT2D eigenvalue weighted by Gasteiger charge is -2.11. The van der Waals surface area contributed by atoms with Gasteiger partial charge in [0.1, 0.15) is 0 Å². The van der Waals surface area contributed by atoms with Crippen LogP contribution >= 0.6 is 0 Å². The Morgan fingerprint density at radius 1 is 1.10 bits per heavy atom. The predicted molar refractivity (Wildman–Crippen MR) is 110 cm³/mol. The van der Waals surface area contributed by atoms with Crippen molar-refractivity contribution in [2.75, 3.05) is 11.9 Å². The highest BCUT2D eigenvalue weighted by Gasteiger charge is 2.30. The molecule has 162 valence electrons. The molecule has 0 saturated heterocycles. The molecule has 9 heteroatoms. The van der Waals surface area contributed by atoms with Gasteiger partial charge in [0.25, 0.3) is 5.91 Å². The number of hydrogen-bond donors (Lipinski definition) is 2. The number of aryl methyl sites for hydroxylation is 1. The van der Waals surface area contributed by atoms with Gasteiger partial charge in [-0.15, -0.1) is 0 Å². The Balaban J connectivity index is 1.68. The van der Waals surface area contributed by atoms with Crippen LogP contribution in [0, 0.1) is 6.92 Å². The largest absolute Gasteiger partial charge is 0.416 e. The Hall–Kier alpha value is -3.62. The number of benzene rings is 2. The average molecular weight is 430 g/mol. The Bertz CT molecular complexity index is 1110. The number of alkyl halides is 3. The number of nitrogens with one attached hydrogen (secondary N) is 2. The maximum absolute atomic E-state index is 13.0. The van der Waals surface area contributed by atoms with Crippen molar-refractivity contribution in [1.29, 1.82) is 0 Å². The smallest absolute Gasteiger partial charge is 0.343 e. The molecule has 2 aromatic carbocycles. The number of anilines is 1. The minimum Gasteiger partial charge on any atom is -0.343 e. The molecule has 3 rings (SSSR count). The van der Waals surface area contributed by atoms with Crippen LogP contribution in [0.25, 0.3) is 5.69 Å². The van der Waals surface area contributed by atoms with E-state index in [4.69, 9.17) is 0 Å². The van der Waals surface area contributed by atoms with Gasteiger partial charge in [0.15, 0.2) is 0 Å². The molecule has 3 aromatic rings. The summed E-state index contributed by atoms with van der Waals surface area (Å²) in [4.78, 5) is 24.7. The molecular formula is C22H21F3N4O2. The zero-order valence-corrected chi connectivity index (χ0v) is 17.0. The summed E-state index contributed by atoms with van der Waals surface area (Å²) in [5.74, 6) is -0.938. The van der Waals surface area contributed by atoms with Crippen molar-refractivity contribution in [3.63, 3.8) is 0 Å². The number of rotatable bonds is 6. The first-order valence-electron chi connectivity index (χ1n) is 9.59. The van der Waals surface area contributed by atoms with E-state index in [2.05, 4.69) is 15.7 Å². The molecule has 6 nitrogen and oxygen atoms in total. The summed E-state index contributed by atoms with van der Waals surface area (Å²) in [6, 6.07) is 12.0. The van der Waals surface area contributed by atoms with Crippen molar-refractivity contribution in [3.05, 3.63) is 77.1 Å². The molecule has 0 bridgehead atoms. The quantitative estimate of drug-likeness (QED) is 0.618. The van der Waals surface area contributed by atoms with Crippen molar-refractivity contribution >= 4 is 17.5 Å². The highest BCUT2D eigenvalue weighted by molar-refractivity contribution is 6.00. The van der Waals surface area contributed by atoms with E-state index in [1.165, 1.54) is 23.0 Å². The van der Waals surface area contributed by atoms with Crippen LogP contribution in [-0.2, 0) is 17.4 Å². The molecule has 2 N–H and O–H groups in total. The number of hydrogen-bond acceptors (Lipinski definition) is 3. The van der Waals surface area contributed by atoms with E-state index in [1.807, 2.05) is 19.1 Å². The number of aromatic nitrogens is 2. The summed E-state index contributed by atoms with van der Waals surface area (Å²) < 4.78 is 40.1. The van der Waals surface area contributed by atoms with Gasteiger partial charge in [-0.3, -0.25) is 9.59 Å². The third kappa shape index (κ3) is 5.11. The summed E-state index contributed by atoms with van der Waals surface area (Å²) in [5.41, 5.74) is 1.54. The minimum atomic E-state index is -4.49. The van der Waals surface area contributed by atoms with Crippen molar-refractivity contribution in [1.82, 2.24) is 15.1 Å². The van der Waals surface area contributed by atoms with E-state index in [-0.39, 0.29) is 17.8 Å². The SMILES string of the molecule is CCc1ccccc1NC(=O)CNC(=O)c1cnn(-c2cccc(C(F)(F)F)c2)c1C. The molecule has 0 atom stereocenters. The lowest BCUT2D eigenvalue weighted by molar-refractivity contribution is -0.137. The van der Waals surface area contributed by atoms with E-state index < -0.39 is 23.6 Å². The van der Waals surface area contributed by atoms with Gasteiger partial charge in [-0.1, -0.05) is 31.2 Å². The van der Waals surface area contributed by atoms with Gasteiger partial charge in [0.2, 0.25) is 5.91 Å². The van der Waals surface area contributed by atoms with Gasteiger partial charge < -0.3 is 10.6 Å². The molecule has 0 saturated carbocycles. The Morgan fingerprint density at radius 3 is 2.55 bits per heavy atom. The maximum atomic E-state index is 13.0. The molecule has 0 unspecified atom stereocenters. The van der Waals surface area contributed by atoms with E-state index in [1.54, 1.807) is 19.1 Å². The van der Waals surface area contributed by atoms with Gasteiger partial charge in [0, 0.05) is 5.69 Å². The molecule has 2 amide bonds. The standard InChI is InChI=1S/C22H21F3N4O2/c1-3-15-7-4-5-10-19(15)28-20(30)13-26-21(31)18-12-27-29(14(18)2)17-9-6-8-16(11-17)22(23,24)25/h4-12H,3,13H2,1-2H3,(H,26,31)(H,28,30). The first-order valence-corrected chi connectivity index (χ1v) is 9.59. The fraction of sp³-hybridized carbons (Fsp3) is 0.227. The summed E-state index contributed by atoms with van der Waals surface area (Å²) in [5, 5.41) is 9.30. The van der Waals surface area contributed by atoms with Gasteiger partial charge in [-0.2, -0.15) is 18.3 Å². The highest BCUT2D eigenvalue weighted by Crippen LogP contribution is 2.30. The number of para-hydroxylation sites is 1. The molecule has 0 aliphatic carbocycles. The number of halogens is 3. The Morgan fingerprint density at radius 2 is 1.84 bits per heavy atom. The van der Waals surface area contributed by atoms with Crippen molar-refractivity contribution < 1.29 is 22.8 Å². The lowest BCUT2D eigenvalue weighted by atomic mass is 10.1. The topological polar surface area (TPSA) is 76.0 Å².